The van der Waals surface area contributed by atoms with Crippen molar-refractivity contribution in [2.45, 2.75) is 10.7 Å². The zero-order valence-electron chi connectivity index (χ0n) is 4.80. The Kier molecular flexibility index (Phi) is 11.0. The molecule has 5 heteroatoms. The van der Waals surface area contributed by atoms with E-state index < -0.39 is 3.79 Å². The van der Waals surface area contributed by atoms with Gasteiger partial charge in [-0.25, -0.2) is 0 Å². The van der Waals surface area contributed by atoms with Gasteiger partial charge in [0.25, 0.3) is 0 Å². The summed E-state index contributed by atoms with van der Waals surface area (Å²) < 4.78 is -1.28. The van der Waals surface area contributed by atoms with Gasteiger partial charge in [0.1, 0.15) is 0 Å². The number of alkyl halides is 5. The second-order valence-electron chi connectivity index (χ2n) is 1.02. The van der Waals surface area contributed by atoms with E-state index in [1.807, 2.05) is 6.92 Å². The fraction of sp³-hybridized carbons (Fsp3) is 1.00. The molecule has 0 unspecified atom stereocenters. The van der Waals surface area contributed by atoms with Gasteiger partial charge in [-0.05, 0) is 0 Å². The van der Waals surface area contributed by atoms with Crippen LogP contribution in [0.1, 0.15) is 6.92 Å². The molecule has 0 aromatic heterocycles. The first kappa shape index (κ1) is 13.1. The Morgan fingerprint density at radius 1 is 1.11 bits per heavy atom. The summed E-state index contributed by atoms with van der Waals surface area (Å²) in [6.07, 6.45) is 0. The molecule has 0 aromatic rings. The van der Waals surface area contributed by atoms with Crippen LogP contribution < -0.4 is 0 Å². The van der Waals surface area contributed by atoms with Crippen molar-refractivity contribution in [1.82, 2.24) is 0 Å². The lowest BCUT2D eigenvalue weighted by Gasteiger charge is -2.00. The molecule has 0 aliphatic rings. The number of rotatable bonds is 0. The molecule has 0 nitrogen and oxygen atoms in total. The molecular formula is C4H7Cl5. The Hall–Kier alpha value is 1.45. The van der Waals surface area contributed by atoms with Crippen LogP contribution in [0.3, 0.4) is 0 Å². The van der Waals surface area contributed by atoms with Crippen LogP contribution in [0.5, 0.6) is 0 Å². The molecule has 0 spiro atoms. The molecule has 0 rings (SSSR count). The minimum absolute atomic E-state index is 0.0394. The van der Waals surface area contributed by atoms with Crippen LogP contribution in [0.4, 0.5) is 0 Å². The number of hydrogen-bond donors (Lipinski definition) is 0. The second kappa shape index (κ2) is 7.56. The maximum atomic E-state index is 5.12. The average Bonchev–Trinajstić information content (AvgIpc) is 1.67. The van der Waals surface area contributed by atoms with E-state index in [1.165, 1.54) is 0 Å². The van der Waals surface area contributed by atoms with Crippen LogP contribution in [0, 0.1) is 0 Å². The summed E-state index contributed by atoms with van der Waals surface area (Å²) in [7, 11) is 0. The lowest BCUT2D eigenvalue weighted by molar-refractivity contribution is 1.28. The van der Waals surface area contributed by atoms with Crippen molar-refractivity contribution in [3.63, 3.8) is 0 Å². The van der Waals surface area contributed by atoms with E-state index in [9.17, 15) is 0 Å². The predicted octanol–water partition coefficient (Wildman–Crippen LogP) is 3.84. The summed E-state index contributed by atoms with van der Waals surface area (Å²) in [5.41, 5.74) is 0. The maximum Gasteiger partial charge on any atom is 0.203 e. The second-order valence-corrected chi connectivity index (χ2v) is 4.33. The van der Waals surface area contributed by atoms with Crippen molar-refractivity contribution in [2.75, 3.05) is 11.8 Å². The van der Waals surface area contributed by atoms with Gasteiger partial charge in [0.15, 0.2) is 0 Å². The lowest BCUT2D eigenvalue weighted by atomic mass is 10.9. The first-order valence-electron chi connectivity index (χ1n) is 2.16. The summed E-state index contributed by atoms with van der Waals surface area (Å²) in [6, 6.07) is 0. The summed E-state index contributed by atoms with van der Waals surface area (Å²) in [5, 5.41) is 0. The molecule has 0 radical (unpaired) electrons. The Morgan fingerprint density at radius 2 is 1.22 bits per heavy atom. The van der Waals surface area contributed by atoms with Crippen molar-refractivity contribution < 1.29 is 0 Å². The van der Waals surface area contributed by atoms with E-state index in [-0.39, 0.29) is 5.88 Å². The highest BCUT2D eigenvalue weighted by Crippen LogP contribution is 2.26. The predicted molar refractivity (Wildman–Crippen MR) is 47.4 cm³/mol. The lowest BCUT2D eigenvalue weighted by Crippen LogP contribution is -2.01. The van der Waals surface area contributed by atoms with Gasteiger partial charge in [-0.15, -0.1) is 23.2 Å². The summed E-state index contributed by atoms with van der Waals surface area (Å²) in [6.45, 7) is 1.89. The monoisotopic (exact) mass is 230 g/mol. The van der Waals surface area contributed by atoms with Crippen molar-refractivity contribution in [1.29, 1.82) is 0 Å². The maximum absolute atomic E-state index is 5.12. The minimum atomic E-state index is -1.28. The topological polar surface area (TPSA) is 0 Å². The van der Waals surface area contributed by atoms with Gasteiger partial charge in [0, 0.05) is 5.88 Å². The van der Waals surface area contributed by atoms with E-state index >= 15 is 0 Å². The van der Waals surface area contributed by atoms with Crippen LogP contribution in [-0.2, 0) is 0 Å². The average molecular weight is 232 g/mol. The molecule has 0 aliphatic carbocycles. The van der Waals surface area contributed by atoms with Gasteiger partial charge in [-0.1, -0.05) is 41.7 Å². The van der Waals surface area contributed by atoms with E-state index in [0.29, 0.717) is 0 Å². The molecule has 9 heavy (non-hydrogen) atoms. The van der Waals surface area contributed by atoms with Gasteiger partial charge in [-0.3, -0.25) is 0 Å². The normalized spacial score (nSPS) is 10.0. The summed E-state index contributed by atoms with van der Waals surface area (Å²) in [5.74, 6) is 0.762. The molecule has 0 fully saturated rings. The number of hydrogen-bond acceptors (Lipinski definition) is 0. The van der Waals surface area contributed by atoms with E-state index in [2.05, 4.69) is 0 Å². The van der Waals surface area contributed by atoms with Crippen molar-refractivity contribution >= 4 is 58.0 Å². The zero-order valence-corrected chi connectivity index (χ0v) is 8.58. The fourth-order valence-corrected chi connectivity index (χ4v) is 0. The fourth-order valence-electron chi connectivity index (χ4n) is 0. The van der Waals surface area contributed by atoms with Gasteiger partial charge >= 0.3 is 0 Å². The number of halogens is 5. The molecule has 0 heterocycles. The van der Waals surface area contributed by atoms with E-state index in [1.54, 1.807) is 0 Å². The van der Waals surface area contributed by atoms with Crippen molar-refractivity contribution in [3.8, 4) is 0 Å². The van der Waals surface area contributed by atoms with Crippen LogP contribution in [-0.4, -0.2) is 15.6 Å². The van der Waals surface area contributed by atoms with Gasteiger partial charge in [-0.2, -0.15) is 0 Å². The van der Waals surface area contributed by atoms with Crippen LogP contribution >= 0.6 is 58.0 Å². The molecule has 0 aliphatic heterocycles. The third-order valence-electron chi connectivity index (χ3n) is 0.152. The Balaban J connectivity index is 0. The molecule has 0 saturated heterocycles. The first-order chi connectivity index (χ1) is 3.97. The smallest absolute Gasteiger partial charge is 0.127 e. The van der Waals surface area contributed by atoms with E-state index in [4.69, 9.17) is 58.0 Å². The minimum Gasteiger partial charge on any atom is -0.127 e. The highest BCUT2D eigenvalue weighted by molar-refractivity contribution is 6.69. The molecular weight excluding hydrogens is 225 g/mol. The van der Waals surface area contributed by atoms with Crippen LogP contribution in [0.15, 0.2) is 0 Å². The first-order valence-corrected chi connectivity index (χ1v) is 4.37. The van der Waals surface area contributed by atoms with Crippen LogP contribution in [0.25, 0.3) is 0 Å². The SMILES string of the molecule is CCCl.ClCC(Cl)(Cl)Cl. The summed E-state index contributed by atoms with van der Waals surface area (Å²) in [4.78, 5) is 0. The highest BCUT2D eigenvalue weighted by Gasteiger charge is 2.16. The summed E-state index contributed by atoms with van der Waals surface area (Å²) >= 11 is 25.4. The van der Waals surface area contributed by atoms with Crippen LogP contribution in [0.2, 0.25) is 0 Å². The standard InChI is InChI=1S/C2H2Cl4.C2H5Cl/c3-1-2(4,5)6;1-2-3/h1H2;2H2,1H3. The van der Waals surface area contributed by atoms with Crippen molar-refractivity contribution in [3.05, 3.63) is 0 Å². The molecule has 0 atom stereocenters. The quantitative estimate of drug-likeness (QED) is 0.557. The van der Waals surface area contributed by atoms with Gasteiger partial charge < -0.3 is 0 Å². The molecule has 0 amide bonds. The largest absolute Gasteiger partial charge is 0.203 e. The van der Waals surface area contributed by atoms with Gasteiger partial charge in [0.05, 0.1) is 5.88 Å². The molecule has 0 aromatic carbocycles. The molecule has 58 valence electrons. The van der Waals surface area contributed by atoms with E-state index in [0.717, 1.165) is 5.88 Å². The third-order valence-corrected chi connectivity index (χ3v) is 1.36. The van der Waals surface area contributed by atoms with Crippen molar-refractivity contribution in [2.24, 2.45) is 0 Å². The van der Waals surface area contributed by atoms with Gasteiger partial charge in [0.2, 0.25) is 3.79 Å². The highest BCUT2D eigenvalue weighted by atomic mass is 35.6. The molecule has 0 bridgehead atoms. The molecule has 0 N–H and O–H groups in total. The third kappa shape index (κ3) is 26.5. The Morgan fingerprint density at radius 3 is 1.22 bits per heavy atom. The Bertz CT molecular complexity index is 47.4. The molecule has 0 saturated carbocycles. The zero-order chi connectivity index (χ0) is 7.91. The Labute approximate surface area is 80.4 Å².